The minimum absolute atomic E-state index is 0.200. The SMILES string of the molecule is CCCN(Cc1c(C(C)C)nn(-c2ccc(OC)cc2)c1Oc1ccccc1)CC(O)C(C)C. The fourth-order valence-corrected chi connectivity index (χ4v) is 3.92. The second-order valence-corrected chi connectivity index (χ2v) is 9.40. The summed E-state index contributed by atoms with van der Waals surface area (Å²) >= 11 is 0. The quantitative estimate of drug-likeness (QED) is 0.354. The predicted octanol–water partition coefficient (Wildman–Crippen LogP) is 6.03. The third kappa shape index (κ3) is 6.39. The molecule has 0 aliphatic heterocycles. The average molecular weight is 466 g/mol. The molecule has 0 amide bonds. The van der Waals surface area contributed by atoms with E-state index in [4.69, 9.17) is 14.6 Å². The Balaban J connectivity index is 2.10. The van der Waals surface area contributed by atoms with E-state index in [2.05, 4.69) is 39.5 Å². The van der Waals surface area contributed by atoms with Gasteiger partial charge < -0.3 is 14.6 Å². The minimum Gasteiger partial charge on any atom is -0.497 e. The second-order valence-electron chi connectivity index (χ2n) is 9.40. The van der Waals surface area contributed by atoms with E-state index in [0.717, 1.165) is 41.4 Å². The highest BCUT2D eigenvalue weighted by molar-refractivity contribution is 5.46. The molecule has 0 spiro atoms. The molecule has 0 radical (unpaired) electrons. The molecule has 3 rings (SSSR count). The standard InChI is InChI=1S/C28H39N3O3/c1-7-17-30(19-26(32)20(2)3)18-25-27(21(4)5)29-31(22-13-15-23(33-6)16-14-22)28(25)34-24-11-9-8-10-12-24/h8-16,20-21,26,32H,7,17-19H2,1-6H3. The zero-order valence-corrected chi connectivity index (χ0v) is 21.4. The fourth-order valence-electron chi connectivity index (χ4n) is 3.92. The Labute approximate surface area is 204 Å². The molecular weight excluding hydrogens is 426 g/mol. The van der Waals surface area contributed by atoms with Gasteiger partial charge in [-0.1, -0.05) is 52.8 Å². The Bertz CT molecular complexity index is 1010. The summed E-state index contributed by atoms with van der Waals surface area (Å²) in [7, 11) is 1.66. The molecular formula is C28H39N3O3. The maximum absolute atomic E-state index is 10.6. The van der Waals surface area contributed by atoms with E-state index in [0.29, 0.717) is 19.0 Å². The van der Waals surface area contributed by atoms with Crippen LogP contribution in [-0.4, -0.2) is 46.1 Å². The molecule has 0 fully saturated rings. The molecule has 1 aromatic heterocycles. The van der Waals surface area contributed by atoms with Crippen LogP contribution in [0.25, 0.3) is 5.69 Å². The Morgan fingerprint density at radius 2 is 1.65 bits per heavy atom. The largest absolute Gasteiger partial charge is 0.497 e. The minimum atomic E-state index is -0.385. The Morgan fingerprint density at radius 3 is 2.21 bits per heavy atom. The number of nitrogens with zero attached hydrogens (tertiary/aromatic N) is 3. The summed E-state index contributed by atoms with van der Waals surface area (Å²) < 4.78 is 13.7. The van der Waals surface area contributed by atoms with Crippen molar-refractivity contribution in [3.63, 3.8) is 0 Å². The highest BCUT2D eigenvalue weighted by Crippen LogP contribution is 2.35. The van der Waals surface area contributed by atoms with Crippen molar-refractivity contribution in [2.75, 3.05) is 20.2 Å². The molecule has 3 aromatic rings. The van der Waals surface area contributed by atoms with Gasteiger partial charge in [-0.15, -0.1) is 0 Å². The maximum atomic E-state index is 10.6. The Hall–Kier alpha value is -2.83. The molecule has 1 unspecified atom stereocenters. The van der Waals surface area contributed by atoms with Gasteiger partial charge >= 0.3 is 0 Å². The van der Waals surface area contributed by atoms with Gasteiger partial charge in [0.1, 0.15) is 11.5 Å². The van der Waals surface area contributed by atoms with Gasteiger partial charge in [-0.2, -0.15) is 5.10 Å². The highest BCUT2D eigenvalue weighted by atomic mass is 16.5. The normalized spacial score (nSPS) is 12.5. The van der Waals surface area contributed by atoms with Crippen LogP contribution < -0.4 is 9.47 Å². The second kappa shape index (κ2) is 12.0. The average Bonchev–Trinajstić information content (AvgIpc) is 3.17. The van der Waals surface area contributed by atoms with Gasteiger partial charge in [0.05, 0.1) is 30.2 Å². The smallest absolute Gasteiger partial charge is 0.227 e. The maximum Gasteiger partial charge on any atom is 0.227 e. The number of para-hydroxylation sites is 1. The molecule has 184 valence electrons. The van der Waals surface area contributed by atoms with Crippen LogP contribution in [0.4, 0.5) is 0 Å². The number of hydrogen-bond donors (Lipinski definition) is 1. The summed E-state index contributed by atoms with van der Waals surface area (Å²) in [4.78, 5) is 2.31. The number of ether oxygens (including phenoxy) is 2. The van der Waals surface area contributed by atoms with Crippen LogP contribution >= 0.6 is 0 Å². The number of aliphatic hydroxyl groups is 1. The summed E-state index contributed by atoms with van der Waals surface area (Å²) in [5.41, 5.74) is 2.96. The van der Waals surface area contributed by atoms with Gasteiger partial charge in [0.25, 0.3) is 0 Å². The molecule has 6 nitrogen and oxygen atoms in total. The lowest BCUT2D eigenvalue weighted by Gasteiger charge is -2.27. The zero-order valence-electron chi connectivity index (χ0n) is 21.4. The molecule has 34 heavy (non-hydrogen) atoms. The van der Waals surface area contributed by atoms with Crippen LogP contribution in [0.5, 0.6) is 17.4 Å². The van der Waals surface area contributed by atoms with Gasteiger partial charge in [0.2, 0.25) is 5.88 Å². The molecule has 0 saturated carbocycles. The van der Waals surface area contributed by atoms with Crippen molar-refractivity contribution < 1.29 is 14.6 Å². The first-order valence-corrected chi connectivity index (χ1v) is 12.2. The monoisotopic (exact) mass is 465 g/mol. The van der Waals surface area contributed by atoms with E-state index in [9.17, 15) is 5.11 Å². The lowest BCUT2D eigenvalue weighted by atomic mass is 10.0. The summed E-state index contributed by atoms with van der Waals surface area (Å²) in [5, 5.41) is 15.6. The molecule has 0 saturated heterocycles. The van der Waals surface area contributed by atoms with Crippen molar-refractivity contribution in [1.29, 1.82) is 0 Å². The summed E-state index contributed by atoms with van der Waals surface area (Å²) in [6.45, 7) is 12.7. The van der Waals surface area contributed by atoms with E-state index in [1.165, 1.54) is 0 Å². The van der Waals surface area contributed by atoms with E-state index in [-0.39, 0.29) is 17.9 Å². The number of hydrogen-bond acceptors (Lipinski definition) is 5. The van der Waals surface area contributed by atoms with Crippen molar-refractivity contribution in [1.82, 2.24) is 14.7 Å². The number of aliphatic hydroxyl groups excluding tert-OH is 1. The number of benzene rings is 2. The first-order valence-electron chi connectivity index (χ1n) is 12.2. The predicted molar refractivity (Wildman–Crippen MR) is 137 cm³/mol. The molecule has 1 heterocycles. The third-order valence-corrected chi connectivity index (χ3v) is 5.93. The molecule has 1 N–H and O–H groups in total. The first kappa shape index (κ1) is 25.8. The van der Waals surface area contributed by atoms with Gasteiger partial charge in [0.15, 0.2) is 0 Å². The van der Waals surface area contributed by atoms with Crippen LogP contribution in [0, 0.1) is 5.92 Å². The first-order chi connectivity index (χ1) is 16.3. The van der Waals surface area contributed by atoms with Gasteiger partial charge in [-0.05, 0) is 61.2 Å². The van der Waals surface area contributed by atoms with E-state index in [1.54, 1.807) is 7.11 Å². The van der Waals surface area contributed by atoms with Crippen LogP contribution in [0.15, 0.2) is 54.6 Å². The van der Waals surface area contributed by atoms with E-state index >= 15 is 0 Å². The third-order valence-electron chi connectivity index (χ3n) is 5.93. The van der Waals surface area contributed by atoms with E-state index in [1.807, 2.05) is 59.3 Å². The van der Waals surface area contributed by atoms with Crippen LogP contribution in [-0.2, 0) is 6.54 Å². The van der Waals surface area contributed by atoms with Crippen molar-refractivity contribution in [3.8, 4) is 23.1 Å². The fraction of sp³-hybridized carbons (Fsp3) is 0.464. The van der Waals surface area contributed by atoms with Crippen LogP contribution in [0.1, 0.15) is 58.2 Å². The van der Waals surface area contributed by atoms with Gasteiger partial charge in [-0.3, -0.25) is 4.90 Å². The zero-order chi connectivity index (χ0) is 24.7. The molecule has 6 heteroatoms. The van der Waals surface area contributed by atoms with Crippen LogP contribution in [0.2, 0.25) is 0 Å². The van der Waals surface area contributed by atoms with E-state index < -0.39 is 0 Å². The number of rotatable bonds is 12. The van der Waals surface area contributed by atoms with Crippen molar-refractivity contribution in [3.05, 3.63) is 65.9 Å². The Morgan fingerprint density at radius 1 is 0.971 bits per heavy atom. The Kier molecular flexibility index (Phi) is 9.13. The van der Waals surface area contributed by atoms with Crippen molar-refractivity contribution in [2.24, 2.45) is 5.92 Å². The summed E-state index contributed by atoms with van der Waals surface area (Å²) in [6, 6.07) is 17.7. The highest BCUT2D eigenvalue weighted by Gasteiger charge is 2.26. The lowest BCUT2D eigenvalue weighted by Crippen LogP contribution is -2.35. The molecule has 0 aliphatic rings. The number of methoxy groups -OCH3 is 1. The molecule has 2 aromatic carbocycles. The lowest BCUT2D eigenvalue weighted by molar-refractivity contribution is 0.0727. The number of aromatic nitrogens is 2. The summed E-state index contributed by atoms with van der Waals surface area (Å²) in [5.74, 6) is 2.68. The molecule has 1 atom stereocenters. The molecule has 0 bridgehead atoms. The van der Waals surface area contributed by atoms with Crippen molar-refractivity contribution in [2.45, 2.75) is 59.6 Å². The van der Waals surface area contributed by atoms with Crippen molar-refractivity contribution >= 4 is 0 Å². The van der Waals surface area contributed by atoms with Gasteiger partial charge in [0, 0.05) is 13.1 Å². The summed E-state index contributed by atoms with van der Waals surface area (Å²) in [6.07, 6.45) is 0.618. The topological polar surface area (TPSA) is 59.8 Å². The van der Waals surface area contributed by atoms with Gasteiger partial charge in [-0.25, -0.2) is 4.68 Å². The molecule has 0 aliphatic carbocycles. The van der Waals surface area contributed by atoms with Crippen LogP contribution in [0.3, 0.4) is 0 Å².